The predicted molar refractivity (Wildman–Crippen MR) is 163 cm³/mol. The lowest BCUT2D eigenvalue weighted by molar-refractivity contribution is -0.121. The number of carbonyl (C=O) groups is 2. The van der Waals surface area contributed by atoms with E-state index in [0.717, 1.165) is 74.9 Å². The molecule has 1 heterocycles. The van der Waals surface area contributed by atoms with Crippen LogP contribution in [0.5, 0.6) is 0 Å². The smallest absolute Gasteiger partial charge is 0.229 e. The first-order valence-electron chi connectivity index (χ1n) is 14.5. The predicted octanol–water partition coefficient (Wildman–Crippen LogP) is 7.38. The molecule has 6 nitrogen and oxygen atoms in total. The SMILES string of the molecule is O=C(Nc1nc(-c2ccc(NC(=O)[C@H]3CCC[C@@H](NCc4ccc5ccccc5c4)C3)cc2)cs1)C1CCCC1. The highest BCUT2D eigenvalue weighted by Gasteiger charge is 2.27. The largest absolute Gasteiger partial charge is 0.326 e. The number of rotatable bonds is 8. The molecule has 0 saturated heterocycles. The molecule has 206 valence electrons. The quantitative estimate of drug-likeness (QED) is 0.213. The molecule has 6 rings (SSSR count). The number of fused-ring (bicyclic) bond motifs is 1. The van der Waals surface area contributed by atoms with Crippen molar-refractivity contribution in [2.24, 2.45) is 11.8 Å². The fourth-order valence-electron chi connectivity index (χ4n) is 6.05. The van der Waals surface area contributed by atoms with Gasteiger partial charge in [-0.25, -0.2) is 4.98 Å². The zero-order valence-corrected chi connectivity index (χ0v) is 23.5. The van der Waals surface area contributed by atoms with Crippen LogP contribution in [0.3, 0.4) is 0 Å². The van der Waals surface area contributed by atoms with Crippen molar-refractivity contribution in [3.63, 3.8) is 0 Å². The third-order valence-corrected chi connectivity index (χ3v) is 9.12. The summed E-state index contributed by atoms with van der Waals surface area (Å²) in [6.45, 7) is 0.813. The lowest BCUT2D eigenvalue weighted by atomic mass is 9.85. The fourth-order valence-corrected chi connectivity index (χ4v) is 6.77. The van der Waals surface area contributed by atoms with Gasteiger partial charge in [0.25, 0.3) is 0 Å². The summed E-state index contributed by atoms with van der Waals surface area (Å²) in [5.74, 6) is 0.308. The van der Waals surface area contributed by atoms with Crippen molar-refractivity contribution in [3.8, 4) is 11.3 Å². The van der Waals surface area contributed by atoms with Gasteiger partial charge >= 0.3 is 0 Å². The number of nitrogens with zero attached hydrogens (tertiary/aromatic N) is 1. The van der Waals surface area contributed by atoms with Gasteiger partial charge in [-0.05, 0) is 66.6 Å². The van der Waals surface area contributed by atoms with E-state index in [4.69, 9.17) is 0 Å². The number of nitrogens with one attached hydrogen (secondary N) is 3. The summed E-state index contributed by atoms with van der Waals surface area (Å²) in [7, 11) is 0. The van der Waals surface area contributed by atoms with Crippen LogP contribution in [0, 0.1) is 11.8 Å². The molecule has 0 bridgehead atoms. The van der Waals surface area contributed by atoms with Gasteiger partial charge in [0.05, 0.1) is 5.69 Å². The van der Waals surface area contributed by atoms with Crippen molar-refractivity contribution in [1.82, 2.24) is 10.3 Å². The van der Waals surface area contributed by atoms with E-state index in [0.29, 0.717) is 11.2 Å². The van der Waals surface area contributed by atoms with E-state index in [1.807, 2.05) is 29.6 Å². The van der Waals surface area contributed by atoms with Crippen molar-refractivity contribution in [1.29, 1.82) is 0 Å². The first-order valence-corrected chi connectivity index (χ1v) is 15.4. The Labute approximate surface area is 239 Å². The van der Waals surface area contributed by atoms with Gasteiger partial charge in [-0.2, -0.15) is 0 Å². The van der Waals surface area contributed by atoms with Crippen LogP contribution in [-0.2, 0) is 16.1 Å². The molecule has 0 aliphatic heterocycles. The summed E-state index contributed by atoms with van der Waals surface area (Å²) in [4.78, 5) is 30.1. The maximum absolute atomic E-state index is 13.1. The normalized spacial score (nSPS) is 19.5. The molecule has 2 amide bonds. The van der Waals surface area contributed by atoms with Crippen molar-refractivity contribution in [2.75, 3.05) is 10.6 Å². The molecule has 2 aliphatic carbocycles. The van der Waals surface area contributed by atoms with E-state index >= 15 is 0 Å². The Hall–Kier alpha value is -3.55. The highest BCUT2D eigenvalue weighted by Crippen LogP contribution is 2.30. The molecule has 2 aliphatic rings. The number of thiazole rings is 1. The minimum Gasteiger partial charge on any atom is -0.326 e. The van der Waals surface area contributed by atoms with E-state index < -0.39 is 0 Å². The molecule has 0 spiro atoms. The van der Waals surface area contributed by atoms with Crippen molar-refractivity contribution in [2.45, 2.75) is 64.0 Å². The minimum absolute atomic E-state index is 0.00658. The van der Waals surface area contributed by atoms with E-state index in [1.165, 1.54) is 27.7 Å². The number of amides is 2. The van der Waals surface area contributed by atoms with E-state index in [-0.39, 0.29) is 23.7 Å². The first kappa shape index (κ1) is 26.7. The van der Waals surface area contributed by atoms with E-state index in [2.05, 4.69) is 63.4 Å². The lowest BCUT2D eigenvalue weighted by Gasteiger charge is -2.29. The van der Waals surface area contributed by atoms with Crippen molar-refractivity contribution < 1.29 is 9.59 Å². The van der Waals surface area contributed by atoms with Crippen molar-refractivity contribution in [3.05, 3.63) is 77.7 Å². The van der Waals surface area contributed by atoms with Crippen LogP contribution in [0.25, 0.3) is 22.0 Å². The van der Waals surface area contributed by atoms with Crippen LogP contribution in [0.4, 0.5) is 10.8 Å². The summed E-state index contributed by atoms with van der Waals surface area (Å²) in [6.07, 6.45) is 8.14. The van der Waals surface area contributed by atoms with Gasteiger partial charge in [-0.1, -0.05) is 67.8 Å². The molecule has 40 heavy (non-hydrogen) atoms. The molecule has 1 aromatic heterocycles. The molecule has 2 atom stereocenters. The van der Waals surface area contributed by atoms with Crippen LogP contribution in [0.2, 0.25) is 0 Å². The Bertz CT molecular complexity index is 1480. The highest BCUT2D eigenvalue weighted by atomic mass is 32.1. The Morgan fingerprint density at radius 2 is 1.55 bits per heavy atom. The molecule has 2 fully saturated rings. The van der Waals surface area contributed by atoms with Gasteiger partial charge in [-0.15, -0.1) is 11.3 Å². The third kappa shape index (κ3) is 6.43. The second kappa shape index (κ2) is 12.3. The molecule has 4 aromatic rings. The second-order valence-electron chi connectivity index (χ2n) is 11.2. The Kier molecular flexibility index (Phi) is 8.21. The summed E-state index contributed by atoms with van der Waals surface area (Å²) in [5.41, 5.74) is 3.86. The summed E-state index contributed by atoms with van der Waals surface area (Å²) in [5, 5.41) is 14.9. The molecule has 2 saturated carbocycles. The highest BCUT2D eigenvalue weighted by molar-refractivity contribution is 7.14. The standard InChI is InChI=1S/C33H36N4O2S/c38-31(25-7-2-3-8-25)37-33-36-30(21-40-33)24-14-16-28(17-15-24)35-32(39)27-10-5-11-29(19-27)34-20-22-12-13-23-6-1-4-9-26(23)18-22/h1,4,6,9,12-18,21,25,27,29,34H,2-3,5,7-8,10-11,19-20H2,(H,35,39)(H,36,37,38)/t27-,29+/m0/s1. The van der Waals surface area contributed by atoms with Gasteiger partial charge in [-0.3, -0.25) is 9.59 Å². The van der Waals surface area contributed by atoms with Gasteiger partial charge in [0.2, 0.25) is 11.8 Å². The molecule has 0 radical (unpaired) electrons. The molecule has 7 heteroatoms. The molecule has 3 aromatic carbocycles. The molecular formula is C33H36N4O2S. The van der Waals surface area contributed by atoms with Crippen LogP contribution < -0.4 is 16.0 Å². The average Bonchev–Trinajstić information content (AvgIpc) is 3.70. The van der Waals surface area contributed by atoms with Crippen LogP contribution in [0.1, 0.15) is 56.9 Å². The summed E-state index contributed by atoms with van der Waals surface area (Å²) < 4.78 is 0. The van der Waals surface area contributed by atoms with Crippen LogP contribution in [0.15, 0.2) is 72.1 Å². The van der Waals surface area contributed by atoms with Gasteiger partial charge in [0.15, 0.2) is 5.13 Å². The Balaban J connectivity index is 0.999. The maximum atomic E-state index is 13.1. The minimum atomic E-state index is 0.00658. The van der Waals surface area contributed by atoms with Gasteiger partial charge < -0.3 is 16.0 Å². The maximum Gasteiger partial charge on any atom is 0.229 e. The molecule has 3 N–H and O–H groups in total. The van der Waals surface area contributed by atoms with Crippen molar-refractivity contribution >= 4 is 44.7 Å². The Morgan fingerprint density at radius 1 is 0.800 bits per heavy atom. The van der Waals surface area contributed by atoms with Gasteiger partial charge in [0, 0.05) is 41.1 Å². The lowest BCUT2D eigenvalue weighted by Crippen LogP contribution is -2.37. The third-order valence-electron chi connectivity index (χ3n) is 8.36. The number of hydrogen-bond acceptors (Lipinski definition) is 5. The second-order valence-corrected chi connectivity index (χ2v) is 12.1. The Morgan fingerprint density at radius 3 is 2.38 bits per heavy atom. The number of benzene rings is 3. The topological polar surface area (TPSA) is 83.1 Å². The zero-order chi connectivity index (χ0) is 27.3. The van der Waals surface area contributed by atoms with E-state index in [9.17, 15) is 9.59 Å². The summed E-state index contributed by atoms with van der Waals surface area (Å²) in [6, 6.07) is 23.2. The summed E-state index contributed by atoms with van der Waals surface area (Å²) >= 11 is 1.45. The molecular weight excluding hydrogens is 516 g/mol. The number of hydrogen-bond donors (Lipinski definition) is 3. The zero-order valence-electron chi connectivity index (χ0n) is 22.7. The number of carbonyl (C=O) groups excluding carboxylic acids is 2. The number of aromatic nitrogens is 1. The van der Waals surface area contributed by atoms with Crippen LogP contribution >= 0.6 is 11.3 Å². The monoisotopic (exact) mass is 552 g/mol. The first-order chi connectivity index (χ1) is 19.6. The average molecular weight is 553 g/mol. The van der Waals surface area contributed by atoms with E-state index in [1.54, 1.807) is 0 Å². The van der Waals surface area contributed by atoms with Crippen LogP contribution in [-0.4, -0.2) is 22.8 Å². The van der Waals surface area contributed by atoms with Gasteiger partial charge in [0.1, 0.15) is 0 Å². The fraction of sp³-hybridized carbons (Fsp3) is 0.364. The molecule has 0 unspecified atom stereocenters. The number of anilines is 2.